The van der Waals surface area contributed by atoms with Crippen LogP contribution in [0.3, 0.4) is 0 Å². The van der Waals surface area contributed by atoms with Gasteiger partial charge in [0.25, 0.3) is 0 Å². The van der Waals surface area contributed by atoms with Crippen molar-refractivity contribution in [2.24, 2.45) is 28.1 Å². The van der Waals surface area contributed by atoms with Crippen molar-refractivity contribution in [2.45, 2.75) is 54.4 Å². The van der Waals surface area contributed by atoms with E-state index in [1.165, 1.54) is 25.9 Å². The van der Waals surface area contributed by atoms with Crippen molar-refractivity contribution < 1.29 is 0 Å². The molecular formula is C16H31N. The minimum Gasteiger partial charge on any atom is -0.306 e. The summed E-state index contributed by atoms with van der Waals surface area (Å²) in [7, 11) is 2.31. The van der Waals surface area contributed by atoms with Crippen LogP contribution in [-0.4, -0.2) is 25.0 Å². The lowest BCUT2D eigenvalue weighted by atomic mass is 9.45. The zero-order valence-corrected chi connectivity index (χ0v) is 12.9. The average molecular weight is 237 g/mol. The first kappa shape index (κ1) is 13.4. The zero-order chi connectivity index (χ0) is 13.1. The highest BCUT2D eigenvalue weighted by atomic mass is 15.1. The summed E-state index contributed by atoms with van der Waals surface area (Å²) in [5, 5.41) is 0. The van der Waals surface area contributed by atoms with E-state index in [4.69, 9.17) is 0 Å². The van der Waals surface area contributed by atoms with E-state index in [2.05, 4.69) is 53.5 Å². The quantitative estimate of drug-likeness (QED) is 0.614. The monoisotopic (exact) mass is 237 g/mol. The lowest BCUT2D eigenvalue weighted by molar-refractivity contribution is -0.137. The minimum atomic E-state index is 0.415. The molecule has 1 aliphatic heterocycles. The van der Waals surface area contributed by atoms with E-state index in [9.17, 15) is 0 Å². The van der Waals surface area contributed by atoms with Crippen molar-refractivity contribution in [2.75, 3.05) is 20.1 Å². The Bertz CT molecular complexity index is 262. The lowest BCUT2D eigenvalue weighted by Crippen LogP contribution is -2.60. The van der Waals surface area contributed by atoms with E-state index in [1.54, 1.807) is 0 Å². The van der Waals surface area contributed by atoms with Crippen molar-refractivity contribution >= 4 is 0 Å². The Balaban J connectivity index is 2.50. The van der Waals surface area contributed by atoms with Crippen molar-refractivity contribution in [3.8, 4) is 0 Å². The Kier molecular flexibility index (Phi) is 2.94. The highest BCUT2D eigenvalue weighted by Gasteiger charge is 2.63. The number of hydrogen-bond donors (Lipinski definition) is 0. The standard InChI is InChI=1S/C16H31N/c1-14(2,3)16(15(4,5)6)12-8-9-13(16)11-17(7)10-12/h12-13H,8-11H2,1-7H3. The van der Waals surface area contributed by atoms with Crippen LogP contribution in [-0.2, 0) is 0 Å². The number of likely N-dealkylation sites (tertiary alicyclic amines) is 1. The molecule has 100 valence electrons. The normalized spacial score (nSPS) is 34.1. The molecule has 0 aromatic rings. The van der Waals surface area contributed by atoms with Crippen LogP contribution in [0, 0.1) is 28.1 Å². The molecule has 2 fully saturated rings. The Labute approximate surface area is 108 Å². The lowest BCUT2D eigenvalue weighted by Gasteiger charge is -2.62. The zero-order valence-electron chi connectivity index (χ0n) is 12.9. The summed E-state index contributed by atoms with van der Waals surface area (Å²) in [5.74, 6) is 1.79. The maximum atomic E-state index is 2.57. The molecule has 2 atom stereocenters. The van der Waals surface area contributed by atoms with Gasteiger partial charge in [-0.2, -0.15) is 0 Å². The number of nitrogens with zero attached hydrogens (tertiary/aromatic N) is 1. The van der Waals surface area contributed by atoms with Gasteiger partial charge in [0.2, 0.25) is 0 Å². The molecule has 2 aliphatic rings. The maximum absolute atomic E-state index is 2.57. The molecule has 2 bridgehead atoms. The second kappa shape index (κ2) is 3.73. The van der Waals surface area contributed by atoms with Gasteiger partial charge in [0.1, 0.15) is 0 Å². The summed E-state index contributed by atoms with van der Waals surface area (Å²) in [4.78, 5) is 2.57. The van der Waals surface area contributed by atoms with E-state index in [0.29, 0.717) is 16.2 Å². The summed E-state index contributed by atoms with van der Waals surface area (Å²) in [6, 6.07) is 0. The molecule has 1 aliphatic carbocycles. The smallest absolute Gasteiger partial charge is 0.00126 e. The fourth-order valence-corrected chi connectivity index (χ4v) is 6.06. The van der Waals surface area contributed by atoms with E-state index >= 15 is 0 Å². The van der Waals surface area contributed by atoms with E-state index in [0.717, 1.165) is 11.8 Å². The maximum Gasteiger partial charge on any atom is 0.00126 e. The average Bonchev–Trinajstić information content (AvgIpc) is 2.32. The van der Waals surface area contributed by atoms with Crippen LogP contribution in [0.15, 0.2) is 0 Å². The van der Waals surface area contributed by atoms with Crippen molar-refractivity contribution in [1.82, 2.24) is 4.90 Å². The molecule has 1 saturated carbocycles. The predicted octanol–water partition coefficient (Wildman–Crippen LogP) is 4.04. The van der Waals surface area contributed by atoms with Gasteiger partial charge >= 0.3 is 0 Å². The first-order valence-electron chi connectivity index (χ1n) is 7.29. The van der Waals surface area contributed by atoms with E-state index < -0.39 is 0 Å². The van der Waals surface area contributed by atoms with Gasteiger partial charge in [-0.15, -0.1) is 0 Å². The molecular weight excluding hydrogens is 206 g/mol. The van der Waals surface area contributed by atoms with Gasteiger partial charge in [0, 0.05) is 13.1 Å². The fraction of sp³-hybridized carbons (Fsp3) is 1.00. The molecule has 1 heterocycles. The van der Waals surface area contributed by atoms with Gasteiger partial charge in [-0.3, -0.25) is 0 Å². The highest BCUT2D eigenvalue weighted by Crippen LogP contribution is 2.67. The van der Waals surface area contributed by atoms with Crippen LogP contribution in [0.2, 0.25) is 0 Å². The molecule has 1 saturated heterocycles. The van der Waals surface area contributed by atoms with Crippen LogP contribution >= 0.6 is 0 Å². The second-order valence-electron chi connectivity index (χ2n) is 8.56. The molecule has 0 spiro atoms. The van der Waals surface area contributed by atoms with Crippen LogP contribution in [0.25, 0.3) is 0 Å². The first-order chi connectivity index (χ1) is 7.60. The molecule has 1 heteroatoms. The second-order valence-corrected chi connectivity index (χ2v) is 8.56. The summed E-state index contributed by atoms with van der Waals surface area (Å²) in [5.41, 5.74) is 1.35. The number of fused-ring (bicyclic) bond motifs is 2. The van der Waals surface area contributed by atoms with Gasteiger partial charge in [-0.05, 0) is 48.0 Å². The van der Waals surface area contributed by atoms with Gasteiger partial charge in [0.05, 0.1) is 0 Å². The molecule has 2 unspecified atom stereocenters. The van der Waals surface area contributed by atoms with Crippen LogP contribution in [0.1, 0.15) is 54.4 Å². The minimum absolute atomic E-state index is 0.415. The largest absolute Gasteiger partial charge is 0.306 e. The summed E-state index contributed by atoms with van der Waals surface area (Å²) in [6.45, 7) is 17.5. The number of hydrogen-bond acceptors (Lipinski definition) is 1. The van der Waals surface area contributed by atoms with Gasteiger partial charge in [0.15, 0.2) is 0 Å². The summed E-state index contributed by atoms with van der Waals surface area (Å²) in [6.07, 6.45) is 2.90. The van der Waals surface area contributed by atoms with Crippen molar-refractivity contribution in [3.63, 3.8) is 0 Å². The fourth-order valence-electron chi connectivity index (χ4n) is 6.06. The van der Waals surface area contributed by atoms with Gasteiger partial charge in [-0.25, -0.2) is 0 Å². The highest BCUT2D eigenvalue weighted by molar-refractivity contribution is 5.12. The van der Waals surface area contributed by atoms with Crippen molar-refractivity contribution in [3.05, 3.63) is 0 Å². The van der Waals surface area contributed by atoms with Crippen molar-refractivity contribution in [1.29, 1.82) is 0 Å². The van der Waals surface area contributed by atoms with E-state index in [-0.39, 0.29) is 0 Å². The Morgan fingerprint density at radius 2 is 1.18 bits per heavy atom. The number of rotatable bonds is 0. The van der Waals surface area contributed by atoms with Crippen LogP contribution in [0.4, 0.5) is 0 Å². The predicted molar refractivity (Wildman–Crippen MR) is 75.1 cm³/mol. The molecule has 0 aromatic carbocycles. The Morgan fingerprint density at radius 1 is 0.824 bits per heavy atom. The van der Waals surface area contributed by atoms with Gasteiger partial charge < -0.3 is 4.90 Å². The first-order valence-corrected chi connectivity index (χ1v) is 7.29. The molecule has 0 N–H and O–H groups in total. The topological polar surface area (TPSA) is 3.24 Å². The Morgan fingerprint density at radius 3 is 1.47 bits per heavy atom. The Hall–Kier alpha value is -0.0400. The summed E-state index contributed by atoms with van der Waals surface area (Å²) < 4.78 is 0. The van der Waals surface area contributed by atoms with Crippen LogP contribution < -0.4 is 0 Å². The van der Waals surface area contributed by atoms with Crippen LogP contribution in [0.5, 0.6) is 0 Å². The molecule has 17 heavy (non-hydrogen) atoms. The SMILES string of the molecule is CN1CC2CCC(C1)C2(C(C)(C)C)C(C)(C)C. The molecule has 0 radical (unpaired) electrons. The summed E-state index contributed by atoms with van der Waals surface area (Å²) >= 11 is 0. The molecule has 0 aromatic heterocycles. The van der Waals surface area contributed by atoms with E-state index in [1.807, 2.05) is 0 Å². The third-order valence-electron chi connectivity index (χ3n) is 5.70. The molecule has 2 rings (SSSR count). The third-order valence-corrected chi connectivity index (χ3v) is 5.70. The molecule has 0 amide bonds. The third kappa shape index (κ3) is 1.69. The number of piperidine rings is 1. The van der Waals surface area contributed by atoms with Gasteiger partial charge in [-0.1, -0.05) is 41.5 Å². The molecule has 1 nitrogen and oxygen atoms in total.